The van der Waals surface area contributed by atoms with E-state index in [1.807, 2.05) is 30.0 Å². The van der Waals surface area contributed by atoms with Gasteiger partial charge in [0, 0.05) is 29.1 Å². The summed E-state index contributed by atoms with van der Waals surface area (Å²) in [5.74, 6) is 2.69. The third kappa shape index (κ3) is 2.79. The number of fused-ring (bicyclic) bond motifs is 1. The second kappa shape index (κ2) is 6.18. The molecule has 0 N–H and O–H groups in total. The van der Waals surface area contributed by atoms with E-state index in [-0.39, 0.29) is 0 Å². The van der Waals surface area contributed by atoms with Crippen LogP contribution in [0.2, 0.25) is 5.02 Å². The minimum atomic E-state index is 0.407. The molecule has 0 spiro atoms. The highest BCUT2D eigenvalue weighted by atomic mass is 35.5. The summed E-state index contributed by atoms with van der Waals surface area (Å²) in [4.78, 5) is 4.65. The molecular formula is C13H16Cl2N2S. The zero-order valence-corrected chi connectivity index (χ0v) is 12.8. The van der Waals surface area contributed by atoms with E-state index in [0.29, 0.717) is 11.9 Å². The summed E-state index contributed by atoms with van der Waals surface area (Å²) < 4.78 is 2.28. The molecule has 0 bridgehead atoms. The number of hydrogen-bond acceptors (Lipinski definition) is 2. The van der Waals surface area contributed by atoms with Crippen LogP contribution in [0.25, 0.3) is 11.0 Å². The number of thioether (sulfide) groups is 1. The fraction of sp³-hybridized carbons (Fsp3) is 0.462. The summed E-state index contributed by atoms with van der Waals surface area (Å²) in [6.07, 6.45) is 2.90. The Morgan fingerprint density at radius 3 is 2.89 bits per heavy atom. The summed E-state index contributed by atoms with van der Waals surface area (Å²) in [6, 6.07) is 6.28. The molecule has 0 aliphatic carbocycles. The van der Waals surface area contributed by atoms with Gasteiger partial charge in [-0.2, -0.15) is 11.8 Å². The van der Waals surface area contributed by atoms with Gasteiger partial charge in [-0.3, -0.25) is 0 Å². The maximum absolute atomic E-state index is 6.02. The largest absolute Gasteiger partial charge is 0.324 e. The molecule has 18 heavy (non-hydrogen) atoms. The van der Waals surface area contributed by atoms with Crippen LogP contribution in [0.1, 0.15) is 18.8 Å². The zero-order valence-electron chi connectivity index (χ0n) is 10.5. The third-order valence-corrected chi connectivity index (χ3v) is 4.13. The molecular weight excluding hydrogens is 287 g/mol. The normalized spacial score (nSPS) is 13.1. The summed E-state index contributed by atoms with van der Waals surface area (Å²) in [6.45, 7) is 2.21. The van der Waals surface area contributed by atoms with Gasteiger partial charge in [0.15, 0.2) is 0 Å². The van der Waals surface area contributed by atoms with Gasteiger partial charge in [0.1, 0.15) is 5.82 Å². The average Bonchev–Trinajstić information content (AvgIpc) is 2.67. The summed E-state index contributed by atoms with van der Waals surface area (Å²) in [5, 5.41) is 0.724. The molecule has 0 saturated heterocycles. The lowest BCUT2D eigenvalue weighted by Gasteiger charge is -2.16. The van der Waals surface area contributed by atoms with Crippen LogP contribution in [-0.2, 0) is 6.42 Å². The molecule has 1 aromatic carbocycles. The van der Waals surface area contributed by atoms with Crippen LogP contribution < -0.4 is 0 Å². The van der Waals surface area contributed by atoms with Gasteiger partial charge in [0.2, 0.25) is 0 Å². The molecule has 0 fully saturated rings. The van der Waals surface area contributed by atoms with Gasteiger partial charge in [-0.25, -0.2) is 4.98 Å². The SMILES string of the molecule is CSCC(C)n1c(CCCl)nc2cc(Cl)ccc21. The van der Waals surface area contributed by atoms with Crippen LogP contribution >= 0.6 is 35.0 Å². The maximum Gasteiger partial charge on any atom is 0.111 e. The molecule has 2 aromatic rings. The molecule has 1 atom stereocenters. The molecule has 1 aromatic heterocycles. The molecule has 0 amide bonds. The molecule has 98 valence electrons. The van der Waals surface area contributed by atoms with Crippen molar-refractivity contribution in [3.8, 4) is 0 Å². The van der Waals surface area contributed by atoms with Crippen molar-refractivity contribution >= 4 is 46.0 Å². The number of halogens is 2. The number of imidazole rings is 1. The average molecular weight is 303 g/mol. The monoisotopic (exact) mass is 302 g/mol. The fourth-order valence-corrected chi connectivity index (χ4v) is 3.16. The molecule has 5 heteroatoms. The lowest BCUT2D eigenvalue weighted by Crippen LogP contribution is -2.12. The van der Waals surface area contributed by atoms with Gasteiger partial charge in [0.25, 0.3) is 0 Å². The standard InChI is InChI=1S/C13H16Cl2N2S/c1-9(8-18-2)17-12-4-3-10(15)7-11(12)16-13(17)5-6-14/h3-4,7,9H,5-6,8H2,1-2H3. The maximum atomic E-state index is 6.02. The highest BCUT2D eigenvalue weighted by Crippen LogP contribution is 2.25. The number of hydrogen-bond donors (Lipinski definition) is 0. The minimum absolute atomic E-state index is 0.407. The molecule has 0 aliphatic rings. The first-order valence-electron chi connectivity index (χ1n) is 5.88. The van der Waals surface area contributed by atoms with Gasteiger partial charge >= 0.3 is 0 Å². The van der Waals surface area contributed by atoms with Gasteiger partial charge in [-0.1, -0.05) is 11.6 Å². The third-order valence-electron chi connectivity index (χ3n) is 2.89. The van der Waals surface area contributed by atoms with Crippen LogP contribution in [0.5, 0.6) is 0 Å². The van der Waals surface area contributed by atoms with Gasteiger partial charge in [-0.05, 0) is 31.4 Å². The van der Waals surface area contributed by atoms with E-state index in [4.69, 9.17) is 23.2 Å². The highest BCUT2D eigenvalue weighted by molar-refractivity contribution is 7.98. The van der Waals surface area contributed by atoms with E-state index < -0.39 is 0 Å². The Balaban J connectivity index is 2.54. The van der Waals surface area contributed by atoms with Crippen LogP contribution in [-0.4, -0.2) is 27.4 Å². The lowest BCUT2D eigenvalue weighted by atomic mass is 10.3. The number of nitrogens with zero attached hydrogens (tertiary/aromatic N) is 2. The molecule has 1 unspecified atom stereocenters. The van der Waals surface area contributed by atoms with E-state index in [1.54, 1.807) is 0 Å². The predicted octanol–water partition coefficient (Wildman–Crippen LogP) is 4.40. The quantitative estimate of drug-likeness (QED) is 0.762. The minimum Gasteiger partial charge on any atom is -0.324 e. The molecule has 0 saturated carbocycles. The lowest BCUT2D eigenvalue weighted by molar-refractivity contribution is 0.597. The summed E-state index contributed by atoms with van der Waals surface area (Å²) in [7, 11) is 0. The van der Waals surface area contributed by atoms with Crippen molar-refractivity contribution in [2.24, 2.45) is 0 Å². The summed E-state index contributed by atoms with van der Waals surface area (Å²) >= 11 is 13.7. The highest BCUT2D eigenvalue weighted by Gasteiger charge is 2.15. The first kappa shape index (κ1) is 14.0. The van der Waals surface area contributed by atoms with Crippen LogP contribution in [0.15, 0.2) is 18.2 Å². The fourth-order valence-electron chi connectivity index (χ4n) is 2.19. The summed E-state index contributed by atoms with van der Waals surface area (Å²) in [5.41, 5.74) is 2.09. The van der Waals surface area contributed by atoms with Crippen LogP contribution in [0, 0.1) is 0 Å². The number of benzene rings is 1. The molecule has 1 heterocycles. The Labute approximate surface area is 122 Å². The smallest absolute Gasteiger partial charge is 0.111 e. The second-order valence-electron chi connectivity index (χ2n) is 4.27. The first-order chi connectivity index (χ1) is 8.67. The van der Waals surface area contributed by atoms with Crippen LogP contribution in [0.3, 0.4) is 0 Å². The number of rotatable bonds is 5. The van der Waals surface area contributed by atoms with Crippen molar-refractivity contribution < 1.29 is 0 Å². The number of alkyl halides is 1. The predicted molar refractivity (Wildman–Crippen MR) is 82.3 cm³/mol. The topological polar surface area (TPSA) is 17.8 Å². The van der Waals surface area contributed by atoms with Crippen molar-refractivity contribution in [2.45, 2.75) is 19.4 Å². The van der Waals surface area contributed by atoms with Crippen molar-refractivity contribution in [3.63, 3.8) is 0 Å². The van der Waals surface area contributed by atoms with Gasteiger partial charge < -0.3 is 4.57 Å². The first-order valence-corrected chi connectivity index (χ1v) is 8.19. The van der Waals surface area contributed by atoms with Crippen molar-refractivity contribution in [3.05, 3.63) is 29.0 Å². The Hall–Kier alpha value is -0.380. The second-order valence-corrected chi connectivity index (χ2v) is 6.00. The van der Waals surface area contributed by atoms with Gasteiger partial charge in [-0.15, -0.1) is 11.6 Å². The molecule has 0 aliphatic heterocycles. The Bertz CT molecular complexity index is 539. The van der Waals surface area contributed by atoms with Gasteiger partial charge in [0.05, 0.1) is 11.0 Å². The van der Waals surface area contributed by atoms with Crippen molar-refractivity contribution in [2.75, 3.05) is 17.9 Å². The number of aromatic nitrogens is 2. The van der Waals surface area contributed by atoms with E-state index >= 15 is 0 Å². The van der Waals surface area contributed by atoms with E-state index in [2.05, 4.69) is 22.7 Å². The Morgan fingerprint density at radius 1 is 1.44 bits per heavy atom. The molecule has 2 nitrogen and oxygen atoms in total. The zero-order chi connectivity index (χ0) is 13.1. The van der Waals surface area contributed by atoms with E-state index in [0.717, 1.165) is 34.1 Å². The van der Waals surface area contributed by atoms with Crippen molar-refractivity contribution in [1.29, 1.82) is 0 Å². The molecule has 0 radical (unpaired) electrons. The molecule has 2 rings (SSSR count). The van der Waals surface area contributed by atoms with Crippen LogP contribution in [0.4, 0.5) is 0 Å². The van der Waals surface area contributed by atoms with E-state index in [9.17, 15) is 0 Å². The number of aryl methyl sites for hydroxylation is 1. The Morgan fingerprint density at radius 2 is 2.22 bits per heavy atom. The van der Waals surface area contributed by atoms with E-state index in [1.165, 1.54) is 0 Å². The van der Waals surface area contributed by atoms with Crippen molar-refractivity contribution in [1.82, 2.24) is 9.55 Å². The Kier molecular flexibility index (Phi) is 4.82.